The number of amides is 1. The molecule has 124 valence electrons. The molecule has 0 saturated carbocycles. The van der Waals surface area contributed by atoms with E-state index in [0.29, 0.717) is 22.8 Å². The van der Waals surface area contributed by atoms with E-state index < -0.39 is 0 Å². The summed E-state index contributed by atoms with van der Waals surface area (Å²) in [5.41, 5.74) is 3.52. The van der Waals surface area contributed by atoms with Crippen LogP contribution in [-0.2, 0) is 17.8 Å². The van der Waals surface area contributed by atoms with E-state index in [4.69, 9.17) is 16.9 Å². The fourth-order valence-electron chi connectivity index (χ4n) is 2.47. The first-order valence-electron chi connectivity index (χ1n) is 7.90. The molecule has 0 fully saturated rings. The maximum Gasteiger partial charge on any atom is 0.279 e. The molecule has 0 saturated heterocycles. The van der Waals surface area contributed by atoms with Crippen LogP contribution in [0.15, 0.2) is 42.5 Å². The molecule has 2 aromatic rings. The molecule has 0 aliphatic rings. The Morgan fingerprint density at radius 3 is 2.46 bits per heavy atom. The summed E-state index contributed by atoms with van der Waals surface area (Å²) in [7, 11) is 1.99. The van der Waals surface area contributed by atoms with Crippen molar-refractivity contribution in [2.24, 2.45) is 0 Å². The molecular weight excluding hydrogens is 322 g/mol. The topological polar surface area (TPSA) is 57.3 Å². The van der Waals surface area contributed by atoms with Crippen molar-refractivity contribution in [1.82, 2.24) is 0 Å². The first kappa shape index (κ1) is 18.0. The Labute approximate surface area is 147 Å². The number of anilines is 1. The van der Waals surface area contributed by atoms with Crippen molar-refractivity contribution in [2.75, 3.05) is 18.9 Å². The summed E-state index contributed by atoms with van der Waals surface area (Å²) in [4.78, 5) is 13.2. The Bertz CT molecular complexity index is 750. The minimum Gasteiger partial charge on any atom is -0.326 e. The van der Waals surface area contributed by atoms with Crippen LogP contribution < -0.4 is 10.2 Å². The van der Waals surface area contributed by atoms with Crippen LogP contribution >= 0.6 is 11.6 Å². The Morgan fingerprint density at radius 2 is 1.88 bits per heavy atom. The number of nitriles is 1. The maximum atomic E-state index is 12.1. The van der Waals surface area contributed by atoms with Crippen LogP contribution in [0.25, 0.3) is 0 Å². The normalized spacial score (nSPS) is 11.6. The van der Waals surface area contributed by atoms with Crippen molar-refractivity contribution in [3.8, 4) is 6.07 Å². The molecule has 5 heteroatoms. The van der Waals surface area contributed by atoms with Gasteiger partial charge in [0.2, 0.25) is 0 Å². The van der Waals surface area contributed by atoms with E-state index in [-0.39, 0.29) is 5.91 Å². The van der Waals surface area contributed by atoms with Gasteiger partial charge in [-0.25, -0.2) is 0 Å². The number of likely N-dealkylation sites (N-methyl/N-ethyl adjacent to an activating group) is 1. The highest BCUT2D eigenvalue weighted by Crippen LogP contribution is 2.19. The van der Waals surface area contributed by atoms with Gasteiger partial charge < -0.3 is 10.2 Å². The third kappa shape index (κ3) is 5.09. The van der Waals surface area contributed by atoms with Gasteiger partial charge >= 0.3 is 0 Å². The lowest BCUT2D eigenvalue weighted by Gasteiger charge is -2.14. The molecule has 0 spiro atoms. The maximum absolute atomic E-state index is 12.1. The Balaban J connectivity index is 1.89. The Hall–Kier alpha value is -2.35. The highest BCUT2D eigenvalue weighted by Gasteiger charge is 2.11. The number of carbonyl (C=O) groups is 1. The van der Waals surface area contributed by atoms with Gasteiger partial charge in [-0.05, 0) is 30.2 Å². The van der Waals surface area contributed by atoms with Gasteiger partial charge in [0, 0.05) is 11.3 Å². The molecule has 0 heterocycles. The number of benzene rings is 2. The van der Waals surface area contributed by atoms with Gasteiger partial charge in [-0.1, -0.05) is 42.8 Å². The fourth-order valence-corrected chi connectivity index (χ4v) is 2.69. The lowest BCUT2D eigenvalue weighted by molar-refractivity contribution is -0.885. The van der Waals surface area contributed by atoms with Gasteiger partial charge in [-0.3, -0.25) is 4.79 Å². The second-order valence-corrected chi connectivity index (χ2v) is 6.24. The van der Waals surface area contributed by atoms with Gasteiger partial charge in [0.05, 0.1) is 17.6 Å². The summed E-state index contributed by atoms with van der Waals surface area (Å²) in [5.74, 6) is -0.0848. The van der Waals surface area contributed by atoms with E-state index in [9.17, 15) is 4.79 Å². The summed E-state index contributed by atoms with van der Waals surface area (Å²) >= 11 is 5.97. The van der Waals surface area contributed by atoms with Crippen molar-refractivity contribution in [3.63, 3.8) is 0 Å². The van der Waals surface area contributed by atoms with E-state index in [1.54, 1.807) is 18.2 Å². The summed E-state index contributed by atoms with van der Waals surface area (Å²) in [6.07, 6.45) is 1.03. The lowest BCUT2D eigenvalue weighted by Crippen LogP contribution is -3.08. The smallest absolute Gasteiger partial charge is 0.279 e. The minimum absolute atomic E-state index is 0.0848. The van der Waals surface area contributed by atoms with Crippen molar-refractivity contribution < 1.29 is 9.69 Å². The zero-order valence-corrected chi connectivity index (χ0v) is 14.7. The van der Waals surface area contributed by atoms with Crippen molar-refractivity contribution in [1.29, 1.82) is 5.26 Å². The molecular formula is C19H21ClN3O+. The fraction of sp³-hybridized carbons (Fsp3) is 0.263. The van der Waals surface area contributed by atoms with Crippen LogP contribution in [0, 0.1) is 11.3 Å². The zero-order valence-electron chi connectivity index (χ0n) is 13.9. The predicted octanol–water partition coefficient (Wildman–Crippen LogP) is 2.43. The van der Waals surface area contributed by atoms with Crippen LogP contribution in [0.5, 0.6) is 0 Å². The number of quaternary nitrogens is 1. The van der Waals surface area contributed by atoms with E-state index >= 15 is 0 Å². The monoisotopic (exact) mass is 342 g/mol. The van der Waals surface area contributed by atoms with Crippen LogP contribution in [0.2, 0.25) is 5.02 Å². The van der Waals surface area contributed by atoms with Gasteiger partial charge in [0.1, 0.15) is 12.6 Å². The molecule has 4 nitrogen and oxygen atoms in total. The number of carbonyl (C=O) groups excluding carboxylic acids is 1. The number of hydrogen-bond donors (Lipinski definition) is 2. The zero-order chi connectivity index (χ0) is 17.5. The van der Waals surface area contributed by atoms with Gasteiger partial charge in [-0.2, -0.15) is 5.26 Å². The molecule has 0 bridgehead atoms. The van der Waals surface area contributed by atoms with E-state index in [2.05, 4.69) is 36.5 Å². The van der Waals surface area contributed by atoms with E-state index in [1.807, 2.05) is 13.1 Å². The van der Waals surface area contributed by atoms with Gasteiger partial charge in [0.15, 0.2) is 6.54 Å². The summed E-state index contributed by atoms with van der Waals surface area (Å²) in [6.45, 7) is 3.27. The second-order valence-electron chi connectivity index (χ2n) is 5.84. The number of nitrogens with one attached hydrogen (secondary N) is 2. The lowest BCUT2D eigenvalue weighted by atomic mass is 10.1. The second kappa shape index (κ2) is 8.49. The van der Waals surface area contributed by atoms with Gasteiger partial charge in [0.25, 0.3) is 5.91 Å². The number of nitrogens with zero attached hydrogens (tertiary/aromatic N) is 1. The average Bonchev–Trinajstić information content (AvgIpc) is 2.55. The molecule has 0 radical (unpaired) electrons. The van der Waals surface area contributed by atoms with Crippen molar-refractivity contribution >= 4 is 23.2 Å². The molecule has 2 aromatic carbocycles. The number of rotatable bonds is 6. The van der Waals surface area contributed by atoms with Crippen LogP contribution in [0.3, 0.4) is 0 Å². The molecule has 1 amide bonds. The standard InChI is InChI=1S/C19H20ClN3O/c1-3-14-4-6-15(7-5-14)12-23(2)13-19(24)22-17-9-8-16(11-21)18(20)10-17/h4-10H,3,12-13H2,1-2H3,(H,22,24)/p+1. The molecule has 24 heavy (non-hydrogen) atoms. The highest BCUT2D eigenvalue weighted by molar-refractivity contribution is 6.32. The largest absolute Gasteiger partial charge is 0.326 e. The molecule has 0 aromatic heterocycles. The summed E-state index contributed by atoms with van der Waals surface area (Å²) in [5, 5.41) is 12.0. The van der Waals surface area contributed by atoms with Crippen LogP contribution in [-0.4, -0.2) is 19.5 Å². The Morgan fingerprint density at radius 1 is 1.21 bits per heavy atom. The number of halogens is 1. The molecule has 1 atom stereocenters. The molecule has 1 unspecified atom stereocenters. The number of hydrogen-bond acceptors (Lipinski definition) is 2. The third-order valence-electron chi connectivity index (χ3n) is 3.77. The van der Waals surface area contributed by atoms with Crippen molar-refractivity contribution in [3.05, 3.63) is 64.2 Å². The average molecular weight is 343 g/mol. The molecule has 0 aliphatic heterocycles. The summed E-state index contributed by atoms with van der Waals surface area (Å²) < 4.78 is 0. The van der Waals surface area contributed by atoms with E-state index in [1.165, 1.54) is 11.1 Å². The molecule has 2 N–H and O–H groups in total. The molecule has 2 rings (SSSR count). The third-order valence-corrected chi connectivity index (χ3v) is 4.09. The first-order valence-corrected chi connectivity index (χ1v) is 8.28. The van der Waals surface area contributed by atoms with Crippen LogP contribution in [0.4, 0.5) is 5.69 Å². The highest BCUT2D eigenvalue weighted by atomic mass is 35.5. The van der Waals surface area contributed by atoms with E-state index in [0.717, 1.165) is 17.9 Å². The SMILES string of the molecule is CCc1ccc(C[NH+](C)CC(=O)Nc2ccc(C#N)c(Cl)c2)cc1. The first-order chi connectivity index (χ1) is 11.5. The predicted molar refractivity (Wildman–Crippen MR) is 96.1 cm³/mol. The number of aryl methyl sites for hydroxylation is 1. The quantitative estimate of drug-likeness (QED) is 0.847. The Kier molecular flexibility index (Phi) is 6.36. The molecule has 0 aliphatic carbocycles. The van der Waals surface area contributed by atoms with Crippen LogP contribution in [0.1, 0.15) is 23.6 Å². The van der Waals surface area contributed by atoms with Gasteiger partial charge in [-0.15, -0.1) is 0 Å². The summed E-state index contributed by atoms with van der Waals surface area (Å²) in [6, 6.07) is 15.3. The minimum atomic E-state index is -0.0848. The van der Waals surface area contributed by atoms with Crippen molar-refractivity contribution in [2.45, 2.75) is 19.9 Å².